The molecule has 0 aromatic carbocycles. The summed E-state index contributed by atoms with van der Waals surface area (Å²) in [7, 11) is 0. The molecule has 5 nitrogen and oxygen atoms in total. The van der Waals surface area contributed by atoms with Crippen molar-refractivity contribution >= 4 is 0 Å². The van der Waals surface area contributed by atoms with Crippen LogP contribution in [0.2, 0.25) is 0 Å². The molecule has 2 atom stereocenters. The first-order valence-electron chi connectivity index (χ1n) is 5.97. The molecule has 0 aliphatic carbocycles. The van der Waals surface area contributed by atoms with Gasteiger partial charge in [-0.05, 0) is 13.8 Å². The first kappa shape index (κ1) is 17.7. The number of rotatable bonds is 11. The molecular formula is C11H23F2NO4. The summed E-state index contributed by atoms with van der Waals surface area (Å²) >= 11 is 0. The van der Waals surface area contributed by atoms with Gasteiger partial charge in [-0.3, -0.25) is 0 Å². The van der Waals surface area contributed by atoms with Crippen molar-refractivity contribution in [3.63, 3.8) is 0 Å². The Kier molecular flexibility index (Phi) is 10.4. The molecule has 110 valence electrons. The van der Waals surface area contributed by atoms with Crippen molar-refractivity contribution < 1.29 is 28.5 Å². The van der Waals surface area contributed by atoms with E-state index >= 15 is 0 Å². The number of aliphatic hydroxyl groups is 2. The molecular weight excluding hydrogens is 248 g/mol. The minimum atomic E-state index is -2.78. The maximum absolute atomic E-state index is 11.9. The highest BCUT2D eigenvalue weighted by atomic mass is 19.3. The number of aliphatic hydroxyl groups excluding tert-OH is 2. The lowest BCUT2D eigenvalue weighted by molar-refractivity contribution is -0.0168. The highest BCUT2D eigenvalue weighted by molar-refractivity contribution is 4.64. The van der Waals surface area contributed by atoms with Crippen LogP contribution in [-0.4, -0.2) is 67.9 Å². The van der Waals surface area contributed by atoms with E-state index in [0.29, 0.717) is 13.2 Å². The smallest absolute Gasteiger partial charge is 0.265 e. The summed E-state index contributed by atoms with van der Waals surface area (Å²) in [5.41, 5.74) is 0. The van der Waals surface area contributed by atoms with Crippen LogP contribution in [0.3, 0.4) is 0 Å². The van der Waals surface area contributed by atoms with E-state index in [1.54, 1.807) is 0 Å². The van der Waals surface area contributed by atoms with Gasteiger partial charge in [0, 0.05) is 13.1 Å². The second kappa shape index (κ2) is 10.6. The van der Waals surface area contributed by atoms with Crippen LogP contribution < -0.4 is 5.32 Å². The molecule has 0 saturated carbocycles. The molecule has 0 saturated heterocycles. The summed E-state index contributed by atoms with van der Waals surface area (Å²) in [4.78, 5) is 0. The Morgan fingerprint density at radius 1 is 1.11 bits per heavy atom. The zero-order chi connectivity index (χ0) is 14.0. The summed E-state index contributed by atoms with van der Waals surface area (Å²) in [6.45, 7) is 4.57. The minimum absolute atomic E-state index is 0.0921. The lowest BCUT2D eigenvalue weighted by Crippen LogP contribution is -2.38. The summed E-state index contributed by atoms with van der Waals surface area (Å²) in [5.74, 6) is 0. The van der Waals surface area contributed by atoms with E-state index in [1.807, 2.05) is 13.8 Å². The number of hydrogen-bond acceptors (Lipinski definition) is 5. The molecule has 0 spiro atoms. The maximum Gasteiger partial charge on any atom is 0.265 e. The fourth-order valence-corrected chi connectivity index (χ4v) is 1.11. The van der Waals surface area contributed by atoms with Crippen molar-refractivity contribution in [3.05, 3.63) is 0 Å². The van der Waals surface area contributed by atoms with Crippen molar-refractivity contribution in [1.82, 2.24) is 5.32 Å². The summed E-state index contributed by atoms with van der Waals surface area (Å²) in [6.07, 6.45) is -5.15. The van der Waals surface area contributed by atoms with E-state index in [9.17, 15) is 13.9 Å². The predicted molar refractivity (Wildman–Crippen MR) is 62.8 cm³/mol. The Labute approximate surface area is 106 Å². The van der Waals surface area contributed by atoms with Gasteiger partial charge in [-0.15, -0.1) is 0 Å². The molecule has 3 N–H and O–H groups in total. The SMILES string of the molecule is CC(C)OCCOCC(O)CNCC(O)C(F)F. The van der Waals surface area contributed by atoms with Gasteiger partial charge in [0.1, 0.15) is 6.10 Å². The third-order valence-corrected chi connectivity index (χ3v) is 2.01. The average molecular weight is 271 g/mol. The molecule has 2 unspecified atom stereocenters. The number of alkyl halides is 2. The number of ether oxygens (including phenoxy) is 2. The predicted octanol–water partition coefficient (Wildman–Crippen LogP) is 0.00450. The van der Waals surface area contributed by atoms with E-state index in [1.165, 1.54) is 0 Å². The maximum atomic E-state index is 11.9. The van der Waals surface area contributed by atoms with Crippen molar-refractivity contribution in [3.8, 4) is 0 Å². The van der Waals surface area contributed by atoms with Crippen LogP contribution in [0.1, 0.15) is 13.8 Å². The van der Waals surface area contributed by atoms with E-state index < -0.39 is 18.6 Å². The lowest BCUT2D eigenvalue weighted by Gasteiger charge is -2.15. The van der Waals surface area contributed by atoms with Crippen LogP contribution in [0.5, 0.6) is 0 Å². The standard InChI is InChI=1S/C11H23F2NO4/c1-8(2)18-4-3-17-7-9(15)5-14-6-10(16)11(12)13/h8-11,14-16H,3-7H2,1-2H3. The highest BCUT2D eigenvalue weighted by Gasteiger charge is 2.16. The van der Waals surface area contributed by atoms with Crippen molar-refractivity contribution in [2.75, 3.05) is 32.9 Å². The normalized spacial score (nSPS) is 15.3. The summed E-state index contributed by atoms with van der Waals surface area (Å²) in [6, 6.07) is 0. The minimum Gasteiger partial charge on any atom is -0.389 e. The highest BCUT2D eigenvalue weighted by Crippen LogP contribution is 1.98. The molecule has 0 aliphatic heterocycles. The van der Waals surface area contributed by atoms with Crippen molar-refractivity contribution in [2.45, 2.75) is 38.6 Å². The molecule has 0 aromatic rings. The first-order chi connectivity index (χ1) is 8.43. The third-order valence-electron chi connectivity index (χ3n) is 2.01. The topological polar surface area (TPSA) is 71.0 Å². The Morgan fingerprint density at radius 2 is 1.78 bits per heavy atom. The molecule has 0 fully saturated rings. The monoisotopic (exact) mass is 271 g/mol. The number of halogens is 2. The molecule has 7 heteroatoms. The summed E-state index contributed by atoms with van der Waals surface area (Å²) in [5, 5.41) is 20.7. The van der Waals surface area contributed by atoms with Crippen molar-refractivity contribution in [2.24, 2.45) is 0 Å². The Bertz CT molecular complexity index is 196. The third kappa shape index (κ3) is 10.8. The number of nitrogens with one attached hydrogen (secondary N) is 1. The van der Waals surface area contributed by atoms with Crippen LogP contribution in [0, 0.1) is 0 Å². The summed E-state index contributed by atoms with van der Waals surface area (Å²) < 4.78 is 34.2. The van der Waals surface area contributed by atoms with E-state index in [2.05, 4.69) is 5.32 Å². The first-order valence-corrected chi connectivity index (χ1v) is 5.97. The van der Waals surface area contributed by atoms with Gasteiger partial charge >= 0.3 is 0 Å². The zero-order valence-electron chi connectivity index (χ0n) is 10.8. The fraction of sp³-hybridized carbons (Fsp3) is 1.00. The van der Waals surface area contributed by atoms with Gasteiger partial charge in [-0.25, -0.2) is 8.78 Å². The quantitative estimate of drug-likeness (QED) is 0.462. The Balaban J connectivity index is 3.35. The fourth-order valence-electron chi connectivity index (χ4n) is 1.11. The molecule has 18 heavy (non-hydrogen) atoms. The van der Waals surface area contributed by atoms with E-state index in [-0.39, 0.29) is 25.8 Å². The van der Waals surface area contributed by atoms with Gasteiger partial charge in [0.15, 0.2) is 0 Å². The lowest BCUT2D eigenvalue weighted by atomic mass is 10.3. The molecule has 0 aromatic heterocycles. The van der Waals surface area contributed by atoms with E-state index in [4.69, 9.17) is 14.6 Å². The molecule has 0 heterocycles. The molecule has 0 bridgehead atoms. The van der Waals surface area contributed by atoms with Gasteiger partial charge in [-0.2, -0.15) is 0 Å². The van der Waals surface area contributed by atoms with Crippen LogP contribution in [-0.2, 0) is 9.47 Å². The largest absolute Gasteiger partial charge is 0.389 e. The van der Waals surface area contributed by atoms with Crippen LogP contribution in [0.4, 0.5) is 8.78 Å². The molecule has 0 amide bonds. The Hall–Kier alpha value is -0.340. The van der Waals surface area contributed by atoms with Crippen molar-refractivity contribution in [1.29, 1.82) is 0 Å². The van der Waals surface area contributed by atoms with Crippen LogP contribution in [0.15, 0.2) is 0 Å². The second-order valence-electron chi connectivity index (χ2n) is 4.21. The van der Waals surface area contributed by atoms with Gasteiger partial charge in [0.2, 0.25) is 0 Å². The Morgan fingerprint density at radius 3 is 2.33 bits per heavy atom. The van der Waals surface area contributed by atoms with Gasteiger partial charge < -0.3 is 25.0 Å². The number of hydrogen-bond donors (Lipinski definition) is 3. The van der Waals surface area contributed by atoms with Gasteiger partial charge in [0.25, 0.3) is 6.43 Å². The van der Waals surface area contributed by atoms with Gasteiger partial charge in [-0.1, -0.05) is 0 Å². The van der Waals surface area contributed by atoms with Gasteiger partial charge in [0.05, 0.1) is 32.0 Å². The van der Waals surface area contributed by atoms with E-state index in [0.717, 1.165) is 0 Å². The van der Waals surface area contributed by atoms with Crippen LogP contribution >= 0.6 is 0 Å². The molecule has 0 radical (unpaired) electrons. The molecule has 0 aliphatic rings. The zero-order valence-corrected chi connectivity index (χ0v) is 10.8. The van der Waals surface area contributed by atoms with Crippen LogP contribution in [0.25, 0.3) is 0 Å². The molecule has 0 rings (SSSR count). The second-order valence-corrected chi connectivity index (χ2v) is 4.21. The average Bonchev–Trinajstić information content (AvgIpc) is 2.27.